The number of ketones is 2. The van der Waals surface area contributed by atoms with Crippen LogP contribution in [0.25, 0.3) is 0 Å². The lowest BCUT2D eigenvalue weighted by Crippen LogP contribution is -2.64. The second kappa shape index (κ2) is 17.3. The Morgan fingerprint density at radius 2 is 1.39 bits per heavy atom. The number of nitrogens with zero attached hydrogens (tertiary/aromatic N) is 1. The highest BCUT2D eigenvalue weighted by Gasteiger charge is 2.49. The van der Waals surface area contributed by atoms with E-state index in [4.69, 9.17) is 0 Å². The molecule has 0 fully saturated rings. The molecule has 0 aromatic heterocycles. The summed E-state index contributed by atoms with van der Waals surface area (Å²) < 4.78 is 0. The van der Waals surface area contributed by atoms with E-state index < -0.39 is 11.0 Å². The number of likely N-dealkylation sites (N-methyl/N-ethyl adjacent to an activating group) is 1. The number of Topliss-reactive ketones (excluding diaryl/α,β-unsaturated/α-hetero) is 2. The first kappa shape index (κ1) is 40.0. The summed E-state index contributed by atoms with van der Waals surface area (Å²) >= 11 is 0. The molecular formula is C34H68BN3O3. The van der Waals surface area contributed by atoms with E-state index in [2.05, 4.69) is 91.7 Å². The van der Waals surface area contributed by atoms with Gasteiger partial charge in [-0.25, -0.2) is 0 Å². The van der Waals surface area contributed by atoms with E-state index in [1.165, 1.54) is 0 Å². The third kappa shape index (κ3) is 9.73. The molecule has 0 amide bonds. The zero-order valence-electron chi connectivity index (χ0n) is 29.7. The molecule has 4 unspecified atom stereocenters. The summed E-state index contributed by atoms with van der Waals surface area (Å²) in [4.78, 5) is 42.2. The molecule has 0 aromatic carbocycles. The first-order valence-corrected chi connectivity index (χ1v) is 16.7. The highest BCUT2D eigenvalue weighted by Crippen LogP contribution is 2.41. The standard InChI is InChI=1S/C34H68BN3O3/c1-15-22-31(10,11)28(29(40)27(16-2)17-3)24-38(14)25(8)23-36-34(20-6,21-7)32(12,18-4)30(41)35-37-33(13,19-5)26(9)39/h25,27-28,35-37H,15-24H2,1-14H3. The van der Waals surface area contributed by atoms with Crippen molar-refractivity contribution < 1.29 is 14.4 Å². The Morgan fingerprint density at radius 3 is 1.78 bits per heavy atom. The van der Waals surface area contributed by atoms with Crippen molar-refractivity contribution in [2.45, 2.75) is 158 Å². The van der Waals surface area contributed by atoms with Crippen LogP contribution < -0.4 is 10.5 Å². The Morgan fingerprint density at radius 1 is 0.854 bits per heavy atom. The summed E-state index contributed by atoms with van der Waals surface area (Å²) in [6.45, 7) is 28.7. The fourth-order valence-electron chi connectivity index (χ4n) is 6.73. The molecule has 0 aliphatic rings. The minimum atomic E-state index is -0.690. The third-order valence-corrected chi connectivity index (χ3v) is 11.2. The molecule has 0 radical (unpaired) electrons. The van der Waals surface area contributed by atoms with Gasteiger partial charge in [-0.3, -0.25) is 9.59 Å². The smallest absolute Gasteiger partial charge is 0.284 e. The molecule has 7 heteroatoms. The van der Waals surface area contributed by atoms with Gasteiger partial charge in [-0.2, -0.15) is 0 Å². The summed E-state index contributed by atoms with van der Waals surface area (Å²) in [6, 6.07) is 0.192. The van der Waals surface area contributed by atoms with E-state index in [1.807, 2.05) is 13.8 Å². The lowest BCUT2D eigenvalue weighted by atomic mass is 9.56. The molecule has 0 saturated heterocycles. The SMILES string of the molecule is CCCC(C)(C)C(CN(C)C(C)CNC(CC)(CC)C(C)(CC)C(=O)BNC(C)(CC)C(C)=O)C(=O)C(CC)CC. The highest BCUT2D eigenvalue weighted by molar-refractivity contribution is 6.73. The summed E-state index contributed by atoms with van der Waals surface area (Å²) in [5, 5.41) is 7.19. The van der Waals surface area contributed by atoms with Crippen LogP contribution in [0.1, 0.15) is 141 Å². The van der Waals surface area contributed by atoms with E-state index in [-0.39, 0.29) is 47.7 Å². The average molecular weight is 578 g/mol. The first-order valence-electron chi connectivity index (χ1n) is 16.7. The van der Waals surface area contributed by atoms with Gasteiger partial charge in [0, 0.05) is 41.9 Å². The van der Waals surface area contributed by atoms with Gasteiger partial charge in [0.2, 0.25) is 0 Å². The maximum atomic E-state index is 13.9. The maximum absolute atomic E-state index is 13.9. The minimum absolute atomic E-state index is 0.00961. The molecule has 0 heterocycles. The average Bonchev–Trinajstić information content (AvgIpc) is 2.94. The number of carbonyl (C=O) groups excluding carboxylic acids is 3. The molecule has 240 valence electrons. The summed E-state index contributed by atoms with van der Waals surface area (Å²) in [6.07, 6.45) is 6.90. The second-order valence-corrected chi connectivity index (χ2v) is 13.9. The Labute approximate surface area is 255 Å². The summed E-state index contributed by atoms with van der Waals surface area (Å²) in [5.74, 6) is 0.581. The number of hydrogen-bond acceptors (Lipinski definition) is 6. The molecule has 4 atom stereocenters. The Balaban J connectivity index is 5.94. The zero-order valence-corrected chi connectivity index (χ0v) is 29.7. The van der Waals surface area contributed by atoms with Crippen LogP contribution in [0.3, 0.4) is 0 Å². The van der Waals surface area contributed by atoms with Crippen LogP contribution in [0.5, 0.6) is 0 Å². The van der Waals surface area contributed by atoms with Crippen LogP contribution >= 0.6 is 0 Å². The van der Waals surface area contributed by atoms with E-state index in [9.17, 15) is 14.4 Å². The molecule has 0 aliphatic heterocycles. The van der Waals surface area contributed by atoms with Crippen LogP contribution in [-0.4, -0.2) is 66.8 Å². The Hall–Kier alpha value is -1.05. The molecule has 41 heavy (non-hydrogen) atoms. The van der Waals surface area contributed by atoms with Gasteiger partial charge in [0.1, 0.15) is 17.2 Å². The van der Waals surface area contributed by atoms with Crippen molar-refractivity contribution in [3.05, 3.63) is 0 Å². The van der Waals surface area contributed by atoms with Gasteiger partial charge >= 0.3 is 0 Å². The summed E-state index contributed by atoms with van der Waals surface area (Å²) in [7, 11) is 2.32. The molecule has 0 bridgehead atoms. The monoisotopic (exact) mass is 578 g/mol. The molecule has 0 spiro atoms. The van der Waals surface area contributed by atoms with Crippen LogP contribution in [-0.2, 0) is 14.4 Å². The number of rotatable bonds is 23. The van der Waals surface area contributed by atoms with E-state index in [0.717, 1.165) is 51.6 Å². The van der Waals surface area contributed by atoms with Crippen LogP contribution in [0.2, 0.25) is 0 Å². The van der Waals surface area contributed by atoms with Crippen molar-refractivity contribution in [3.8, 4) is 0 Å². The predicted octanol–water partition coefficient (Wildman–Crippen LogP) is 6.54. The fourth-order valence-corrected chi connectivity index (χ4v) is 6.73. The van der Waals surface area contributed by atoms with E-state index >= 15 is 0 Å². The second-order valence-electron chi connectivity index (χ2n) is 13.9. The van der Waals surface area contributed by atoms with Crippen molar-refractivity contribution in [2.75, 3.05) is 20.1 Å². The molecule has 6 nitrogen and oxygen atoms in total. The minimum Gasteiger partial charge on any atom is -0.341 e. The third-order valence-electron chi connectivity index (χ3n) is 11.2. The molecule has 0 aliphatic carbocycles. The fraction of sp³-hybridized carbons (Fsp3) is 0.912. The molecule has 0 aromatic rings. The summed E-state index contributed by atoms with van der Waals surface area (Å²) in [5.41, 5.74) is -1.57. The lowest BCUT2D eigenvalue weighted by molar-refractivity contribution is -0.132. The highest BCUT2D eigenvalue weighted by atomic mass is 16.1. The van der Waals surface area contributed by atoms with Gasteiger partial charge in [-0.05, 0) is 78.2 Å². The zero-order chi connectivity index (χ0) is 32.2. The molecule has 0 rings (SSSR count). The first-order chi connectivity index (χ1) is 19.0. The maximum Gasteiger partial charge on any atom is 0.284 e. The largest absolute Gasteiger partial charge is 0.341 e. The van der Waals surface area contributed by atoms with E-state index in [1.54, 1.807) is 6.92 Å². The van der Waals surface area contributed by atoms with Crippen molar-refractivity contribution in [3.63, 3.8) is 0 Å². The number of carbonyl (C=O) groups is 3. The number of hydrogen-bond donors (Lipinski definition) is 2. The number of nitrogens with one attached hydrogen (secondary N) is 2. The van der Waals surface area contributed by atoms with Crippen molar-refractivity contribution in [1.82, 2.24) is 15.4 Å². The Bertz CT molecular complexity index is 824. The van der Waals surface area contributed by atoms with Crippen molar-refractivity contribution in [2.24, 2.45) is 22.7 Å². The van der Waals surface area contributed by atoms with Gasteiger partial charge in [0.25, 0.3) is 7.41 Å². The van der Waals surface area contributed by atoms with Gasteiger partial charge in [0.15, 0.2) is 0 Å². The van der Waals surface area contributed by atoms with Crippen LogP contribution in [0.4, 0.5) is 0 Å². The van der Waals surface area contributed by atoms with Gasteiger partial charge in [-0.1, -0.05) is 75.7 Å². The van der Waals surface area contributed by atoms with Crippen LogP contribution in [0, 0.1) is 22.7 Å². The topological polar surface area (TPSA) is 78.5 Å². The van der Waals surface area contributed by atoms with Crippen molar-refractivity contribution in [1.29, 1.82) is 0 Å². The predicted molar refractivity (Wildman–Crippen MR) is 178 cm³/mol. The molecular weight excluding hydrogens is 509 g/mol. The normalized spacial score (nSPS) is 17.2. The van der Waals surface area contributed by atoms with Crippen LogP contribution in [0.15, 0.2) is 0 Å². The van der Waals surface area contributed by atoms with Gasteiger partial charge < -0.3 is 20.2 Å². The Kier molecular flexibility index (Phi) is 16.9. The van der Waals surface area contributed by atoms with Gasteiger partial charge in [-0.15, -0.1) is 0 Å². The molecule has 2 N–H and O–H groups in total. The lowest BCUT2D eigenvalue weighted by Gasteiger charge is -2.49. The van der Waals surface area contributed by atoms with Crippen molar-refractivity contribution >= 4 is 24.7 Å². The van der Waals surface area contributed by atoms with Gasteiger partial charge in [0.05, 0.1) is 5.54 Å². The quantitative estimate of drug-likeness (QED) is 0.134. The molecule has 0 saturated carbocycles. The van der Waals surface area contributed by atoms with E-state index in [0.29, 0.717) is 18.6 Å².